The van der Waals surface area contributed by atoms with Gasteiger partial charge in [0, 0.05) is 6.42 Å². The first-order valence-electron chi connectivity index (χ1n) is 9.29. The Kier molecular flexibility index (Phi) is 6.85. The number of hydrogen-bond donors (Lipinski definition) is 0. The van der Waals surface area contributed by atoms with Crippen molar-refractivity contribution in [3.8, 4) is 23.4 Å². The Labute approximate surface area is 169 Å². The van der Waals surface area contributed by atoms with E-state index in [1.807, 2.05) is 37.3 Å². The maximum Gasteiger partial charge on any atom is 0.345 e. The highest BCUT2D eigenvalue weighted by Gasteiger charge is 2.21. The monoisotopic (exact) mass is 391 g/mol. The SMILES string of the molecule is CCOc1c(C(=O)OCCCOc2cccc(C#N)c2)cnn1-c1ccccc1. The Morgan fingerprint density at radius 1 is 1.10 bits per heavy atom. The third-order valence-corrected chi connectivity index (χ3v) is 3.98. The Morgan fingerprint density at radius 3 is 2.69 bits per heavy atom. The molecule has 0 spiro atoms. The molecule has 0 unspecified atom stereocenters. The van der Waals surface area contributed by atoms with Crippen molar-refractivity contribution in [1.29, 1.82) is 5.26 Å². The average Bonchev–Trinajstić information content (AvgIpc) is 3.18. The molecule has 0 N–H and O–H groups in total. The van der Waals surface area contributed by atoms with Gasteiger partial charge in [-0.1, -0.05) is 24.3 Å². The molecule has 1 aromatic heterocycles. The van der Waals surface area contributed by atoms with Gasteiger partial charge in [-0.25, -0.2) is 9.48 Å². The molecule has 7 nitrogen and oxygen atoms in total. The molecule has 2 aromatic carbocycles. The largest absolute Gasteiger partial charge is 0.493 e. The summed E-state index contributed by atoms with van der Waals surface area (Å²) in [6.07, 6.45) is 1.96. The van der Waals surface area contributed by atoms with Crippen LogP contribution < -0.4 is 9.47 Å². The van der Waals surface area contributed by atoms with Crippen molar-refractivity contribution in [2.45, 2.75) is 13.3 Å². The molecule has 0 aliphatic carbocycles. The van der Waals surface area contributed by atoms with Crippen molar-refractivity contribution in [2.24, 2.45) is 0 Å². The summed E-state index contributed by atoms with van der Waals surface area (Å²) in [6, 6.07) is 18.4. The Morgan fingerprint density at radius 2 is 1.93 bits per heavy atom. The lowest BCUT2D eigenvalue weighted by Crippen LogP contribution is -2.11. The highest BCUT2D eigenvalue weighted by Crippen LogP contribution is 2.23. The number of esters is 1. The van der Waals surface area contributed by atoms with Crippen LogP contribution in [0.25, 0.3) is 5.69 Å². The second-order valence-corrected chi connectivity index (χ2v) is 6.02. The van der Waals surface area contributed by atoms with E-state index in [9.17, 15) is 4.79 Å². The molecule has 0 atom stereocenters. The summed E-state index contributed by atoms with van der Waals surface area (Å²) in [5.41, 5.74) is 1.61. The number of benzene rings is 2. The molecule has 0 bridgehead atoms. The van der Waals surface area contributed by atoms with Crippen LogP contribution in [0.2, 0.25) is 0 Å². The first-order chi connectivity index (χ1) is 14.2. The summed E-state index contributed by atoms with van der Waals surface area (Å²) in [5.74, 6) is 0.466. The molecule has 29 heavy (non-hydrogen) atoms. The van der Waals surface area contributed by atoms with E-state index >= 15 is 0 Å². The normalized spacial score (nSPS) is 10.2. The van der Waals surface area contributed by atoms with Crippen LogP contribution in [0.4, 0.5) is 0 Å². The van der Waals surface area contributed by atoms with Gasteiger partial charge in [-0.3, -0.25) is 0 Å². The molecule has 0 fully saturated rings. The van der Waals surface area contributed by atoms with Crippen molar-refractivity contribution in [1.82, 2.24) is 9.78 Å². The summed E-state index contributed by atoms with van der Waals surface area (Å²) in [4.78, 5) is 12.5. The molecular weight excluding hydrogens is 370 g/mol. The maximum atomic E-state index is 12.5. The summed E-state index contributed by atoms with van der Waals surface area (Å²) in [6.45, 7) is 2.80. The van der Waals surface area contributed by atoms with E-state index in [1.165, 1.54) is 6.20 Å². The van der Waals surface area contributed by atoms with Gasteiger partial charge in [-0.05, 0) is 37.3 Å². The van der Waals surface area contributed by atoms with Crippen LogP contribution in [0.3, 0.4) is 0 Å². The zero-order valence-corrected chi connectivity index (χ0v) is 16.1. The standard InChI is InChI=1S/C22H21N3O4/c1-2-27-21-20(16-24-25(21)18-9-4-3-5-10-18)22(26)29-13-7-12-28-19-11-6-8-17(14-19)15-23/h3-6,8-11,14,16H,2,7,12-13H2,1H3. The van der Waals surface area contributed by atoms with Crippen LogP contribution in [0, 0.1) is 11.3 Å². The van der Waals surface area contributed by atoms with Gasteiger partial charge >= 0.3 is 5.97 Å². The second-order valence-electron chi connectivity index (χ2n) is 6.02. The van der Waals surface area contributed by atoms with E-state index in [4.69, 9.17) is 19.5 Å². The molecular formula is C22H21N3O4. The fourth-order valence-electron chi connectivity index (χ4n) is 2.65. The summed E-state index contributed by atoms with van der Waals surface area (Å²) in [5, 5.41) is 13.2. The lowest BCUT2D eigenvalue weighted by molar-refractivity contribution is 0.0481. The van der Waals surface area contributed by atoms with Gasteiger partial charge in [-0.15, -0.1) is 0 Å². The fraction of sp³-hybridized carbons (Fsp3) is 0.227. The summed E-state index contributed by atoms with van der Waals surface area (Å²) in [7, 11) is 0. The van der Waals surface area contributed by atoms with Crippen LogP contribution >= 0.6 is 0 Å². The highest BCUT2D eigenvalue weighted by molar-refractivity contribution is 5.92. The number of aromatic nitrogens is 2. The zero-order chi connectivity index (χ0) is 20.5. The molecule has 1 heterocycles. The first kappa shape index (κ1) is 20.0. The van der Waals surface area contributed by atoms with E-state index in [2.05, 4.69) is 11.2 Å². The summed E-state index contributed by atoms with van der Waals surface area (Å²) >= 11 is 0. The number of carbonyl (C=O) groups excluding carboxylic acids is 1. The number of carbonyl (C=O) groups is 1. The molecule has 3 rings (SSSR count). The van der Waals surface area contributed by atoms with Crippen molar-refractivity contribution in [2.75, 3.05) is 19.8 Å². The Hall–Kier alpha value is -3.79. The van der Waals surface area contributed by atoms with Crippen LogP contribution in [0.15, 0.2) is 60.8 Å². The third kappa shape index (κ3) is 5.14. The molecule has 0 amide bonds. The van der Waals surface area contributed by atoms with Crippen LogP contribution in [-0.2, 0) is 4.74 Å². The molecule has 148 valence electrons. The number of nitrogens with zero attached hydrogens (tertiary/aromatic N) is 3. The van der Waals surface area contributed by atoms with Crippen LogP contribution in [0.5, 0.6) is 11.6 Å². The second kappa shape index (κ2) is 9.95. The van der Waals surface area contributed by atoms with Gasteiger partial charge in [-0.2, -0.15) is 10.4 Å². The van der Waals surface area contributed by atoms with Crippen molar-refractivity contribution < 1.29 is 19.0 Å². The van der Waals surface area contributed by atoms with E-state index in [1.54, 1.807) is 28.9 Å². The van der Waals surface area contributed by atoms with E-state index in [-0.39, 0.29) is 12.2 Å². The highest BCUT2D eigenvalue weighted by atomic mass is 16.5. The number of hydrogen-bond acceptors (Lipinski definition) is 6. The van der Waals surface area contributed by atoms with Gasteiger partial charge in [0.05, 0.1) is 43.3 Å². The molecule has 0 aliphatic heterocycles. The topological polar surface area (TPSA) is 86.4 Å². The molecule has 0 aliphatic rings. The quantitative estimate of drug-likeness (QED) is 0.408. The number of para-hydroxylation sites is 1. The zero-order valence-electron chi connectivity index (χ0n) is 16.1. The molecule has 0 saturated heterocycles. The number of ether oxygens (including phenoxy) is 3. The minimum Gasteiger partial charge on any atom is -0.493 e. The van der Waals surface area contributed by atoms with Gasteiger partial charge in [0.15, 0.2) is 0 Å². The van der Waals surface area contributed by atoms with Crippen molar-refractivity contribution >= 4 is 5.97 Å². The lowest BCUT2D eigenvalue weighted by Gasteiger charge is -2.10. The number of rotatable bonds is 9. The predicted molar refractivity (Wildman–Crippen MR) is 106 cm³/mol. The van der Waals surface area contributed by atoms with Crippen LogP contribution in [0.1, 0.15) is 29.3 Å². The van der Waals surface area contributed by atoms with Crippen molar-refractivity contribution in [3.63, 3.8) is 0 Å². The van der Waals surface area contributed by atoms with Crippen LogP contribution in [-0.4, -0.2) is 35.6 Å². The average molecular weight is 391 g/mol. The smallest absolute Gasteiger partial charge is 0.345 e. The number of nitriles is 1. The molecule has 7 heteroatoms. The van der Waals surface area contributed by atoms with E-state index in [0.29, 0.717) is 36.8 Å². The van der Waals surface area contributed by atoms with Gasteiger partial charge in [0.2, 0.25) is 5.88 Å². The lowest BCUT2D eigenvalue weighted by atomic mass is 10.2. The molecule has 0 saturated carbocycles. The Balaban J connectivity index is 1.55. The first-order valence-corrected chi connectivity index (χ1v) is 9.29. The minimum atomic E-state index is -0.498. The maximum absolute atomic E-state index is 12.5. The van der Waals surface area contributed by atoms with Gasteiger partial charge in [0.1, 0.15) is 11.3 Å². The molecule has 0 radical (unpaired) electrons. The van der Waals surface area contributed by atoms with Crippen molar-refractivity contribution in [3.05, 3.63) is 71.9 Å². The minimum absolute atomic E-state index is 0.193. The fourth-order valence-corrected chi connectivity index (χ4v) is 2.65. The Bertz CT molecular complexity index is 993. The van der Waals surface area contributed by atoms with E-state index < -0.39 is 5.97 Å². The third-order valence-electron chi connectivity index (χ3n) is 3.98. The van der Waals surface area contributed by atoms with Gasteiger partial charge < -0.3 is 14.2 Å². The van der Waals surface area contributed by atoms with Gasteiger partial charge in [0.25, 0.3) is 0 Å². The summed E-state index contributed by atoms with van der Waals surface area (Å²) < 4.78 is 18.1. The van der Waals surface area contributed by atoms with E-state index in [0.717, 1.165) is 5.69 Å². The predicted octanol–water partition coefficient (Wildman–Crippen LogP) is 3.77. The molecule has 3 aromatic rings.